The van der Waals surface area contributed by atoms with Gasteiger partial charge in [0.25, 0.3) is 5.91 Å². The lowest BCUT2D eigenvalue weighted by Gasteiger charge is -2.30. The molecule has 6 rings (SSSR count). The smallest absolute Gasteiger partial charge is 0.408 e. The second-order valence-corrected chi connectivity index (χ2v) is 16.9. The van der Waals surface area contributed by atoms with Crippen LogP contribution in [0.4, 0.5) is 4.79 Å². The molecule has 1 unspecified atom stereocenters. The Balaban J connectivity index is 1.27. The SMILES string of the molecule is CC(C)/C(=N\O[C@@H]1C[C@H]2C(=O)NC3(C(=O)NS(=O)(=O)C4CC4)C[C@H]3/C=C\CCCCC[C@H](NC(=O)OC3CCCC3)C(=O)N2C1)c1ccccc1. The molecule has 3 N–H and O–H groups in total. The van der Waals surface area contributed by atoms with Gasteiger partial charge >= 0.3 is 6.09 Å². The highest BCUT2D eigenvalue weighted by molar-refractivity contribution is 7.91. The Kier molecular flexibility index (Phi) is 11.4. The zero-order valence-electron chi connectivity index (χ0n) is 29.6. The molecule has 1 aromatic carbocycles. The van der Waals surface area contributed by atoms with Gasteiger partial charge in [-0.15, -0.1) is 0 Å². The van der Waals surface area contributed by atoms with Crippen LogP contribution in [0.15, 0.2) is 47.6 Å². The zero-order valence-corrected chi connectivity index (χ0v) is 30.4. The number of oxime groups is 1. The van der Waals surface area contributed by atoms with Gasteiger partial charge < -0.3 is 25.1 Å². The number of alkyl carbamates (subject to hydrolysis) is 1. The molecule has 0 radical (unpaired) electrons. The van der Waals surface area contributed by atoms with Gasteiger partial charge in [0.2, 0.25) is 21.8 Å². The summed E-state index contributed by atoms with van der Waals surface area (Å²) in [6.45, 7) is 4.02. The number of carbonyl (C=O) groups excluding carboxylic acids is 4. The molecule has 3 aliphatic carbocycles. The zero-order chi connectivity index (χ0) is 36.2. The van der Waals surface area contributed by atoms with Crippen molar-refractivity contribution in [2.45, 2.75) is 132 Å². The van der Waals surface area contributed by atoms with Gasteiger partial charge in [0.05, 0.1) is 17.5 Å². The van der Waals surface area contributed by atoms with Crippen LogP contribution in [-0.4, -0.2) is 84.5 Å². The van der Waals surface area contributed by atoms with E-state index in [0.29, 0.717) is 37.8 Å². The number of carbonyl (C=O) groups is 4. The van der Waals surface area contributed by atoms with E-state index >= 15 is 0 Å². The summed E-state index contributed by atoms with van der Waals surface area (Å²) in [6, 6.07) is 7.61. The quantitative estimate of drug-likeness (QED) is 0.194. The molecule has 51 heavy (non-hydrogen) atoms. The highest BCUT2D eigenvalue weighted by atomic mass is 32.2. The minimum Gasteiger partial charge on any atom is -0.446 e. The van der Waals surface area contributed by atoms with E-state index in [0.717, 1.165) is 44.1 Å². The van der Waals surface area contributed by atoms with Crippen molar-refractivity contribution in [1.82, 2.24) is 20.3 Å². The number of nitrogens with one attached hydrogen (secondary N) is 3. The average Bonchev–Trinajstić information content (AvgIpc) is 3.97. The van der Waals surface area contributed by atoms with Crippen LogP contribution in [0.25, 0.3) is 0 Å². The summed E-state index contributed by atoms with van der Waals surface area (Å²) in [5.41, 5.74) is 0.133. The number of nitrogens with zero attached hydrogens (tertiary/aromatic N) is 2. The summed E-state index contributed by atoms with van der Waals surface area (Å²) in [5, 5.41) is 9.58. The molecule has 5 atom stereocenters. The van der Waals surface area contributed by atoms with E-state index in [4.69, 9.17) is 9.57 Å². The molecule has 3 saturated carbocycles. The van der Waals surface area contributed by atoms with Crippen LogP contribution < -0.4 is 15.4 Å². The van der Waals surface area contributed by atoms with Gasteiger partial charge in [-0.3, -0.25) is 19.1 Å². The summed E-state index contributed by atoms with van der Waals surface area (Å²) in [7, 11) is -3.87. The number of amides is 4. The van der Waals surface area contributed by atoms with E-state index in [2.05, 4.69) is 20.5 Å². The van der Waals surface area contributed by atoms with Crippen LogP contribution in [0.5, 0.6) is 0 Å². The first-order valence-electron chi connectivity index (χ1n) is 18.6. The first-order chi connectivity index (χ1) is 24.5. The lowest BCUT2D eigenvalue weighted by atomic mass is 10.0. The first kappa shape index (κ1) is 36.8. The maximum absolute atomic E-state index is 14.4. The van der Waals surface area contributed by atoms with Crippen LogP contribution in [0, 0.1) is 11.8 Å². The molecule has 1 aromatic rings. The molecule has 13 nitrogen and oxygen atoms in total. The maximum Gasteiger partial charge on any atom is 0.408 e. The topological polar surface area (TPSA) is 173 Å². The van der Waals surface area contributed by atoms with E-state index in [9.17, 15) is 27.6 Å². The second-order valence-electron chi connectivity index (χ2n) is 15.0. The molecular formula is C37H51N5O8S. The Labute approximate surface area is 300 Å². The largest absolute Gasteiger partial charge is 0.446 e. The highest BCUT2D eigenvalue weighted by Gasteiger charge is 2.62. The summed E-state index contributed by atoms with van der Waals surface area (Å²) in [5.74, 6) is -2.19. The molecule has 0 spiro atoms. The number of ether oxygens (including phenoxy) is 1. The van der Waals surface area contributed by atoms with Crippen LogP contribution in [0.2, 0.25) is 0 Å². The van der Waals surface area contributed by atoms with Gasteiger partial charge in [-0.1, -0.05) is 74.3 Å². The van der Waals surface area contributed by atoms with Crippen LogP contribution in [0.3, 0.4) is 0 Å². The van der Waals surface area contributed by atoms with Crippen molar-refractivity contribution in [3.8, 4) is 0 Å². The second kappa shape index (κ2) is 15.7. The fourth-order valence-corrected chi connectivity index (χ4v) is 8.77. The molecule has 14 heteroatoms. The third-order valence-electron chi connectivity index (χ3n) is 10.6. The van der Waals surface area contributed by atoms with Crippen molar-refractivity contribution in [2.24, 2.45) is 17.0 Å². The van der Waals surface area contributed by atoms with Crippen LogP contribution in [-0.2, 0) is 34.0 Å². The van der Waals surface area contributed by atoms with Crippen molar-refractivity contribution in [2.75, 3.05) is 6.54 Å². The summed E-state index contributed by atoms with van der Waals surface area (Å²) < 4.78 is 33.4. The number of sulfonamides is 1. The van der Waals surface area contributed by atoms with Crippen molar-refractivity contribution in [3.05, 3.63) is 48.0 Å². The summed E-state index contributed by atoms with van der Waals surface area (Å²) in [4.78, 5) is 62.8. The lowest BCUT2D eigenvalue weighted by molar-refractivity contribution is -0.141. The Morgan fingerprint density at radius 1 is 0.980 bits per heavy atom. The molecule has 1 saturated heterocycles. The molecule has 278 valence electrons. The van der Waals surface area contributed by atoms with Gasteiger partial charge in [-0.05, 0) is 75.7 Å². The first-order valence-corrected chi connectivity index (χ1v) is 20.1. The average molecular weight is 726 g/mol. The summed E-state index contributed by atoms with van der Waals surface area (Å²) in [6.07, 6.45) is 10.5. The standard InChI is InChI=1S/C37H51N5O8S/c1-24(2)32(25-13-7-6-8-14-25)40-50-28-21-31-33(43)39-37(35(45)41-51(47,48)29-19-20-29)22-26(37)15-9-4-3-5-10-18-30(34(44)42(31)23-28)38-36(46)49-27-16-11-12-17-27/h6-9,13-15,24,26-31H,3-5,10-12,16-23H2,1-2H3,(H,38,46)(H,39,43)(H,41,45)/b15-9-,40-32+/t26-,28-,30+,31+,37?/m1/s1. The molecule has 0 bridgehead atoms. The molecule has 2 heterocycles. The predicted molar refractivity (Wildman–Crippen MR) is 190 cm³/mol. The third kappa shape index (κ3) is 8.93. The van der Waals surface area contributed by atoms with E-state index in [1.165, 1.54) is 4.90 Å². The Morgan fingerprint density at radius 3 is 2.41 bits per heavy atom. The van der Waals surface area contributed by atoms with E-state index in [-0.39, 0.29) is 31.4 Å². The minimum absolute atomic E-state index is 0.0220. The van der Waals surface area contributed by atoms with Crippen molar-refractivity contribution < 1.29 is 37.2 Å². The molecule has 5 aliphatic rings. The molecule has 2 aliphatic heterocycles. The van der Waals surface area contributed by atoms with Crippen LogP contribution in [0.1, 0.15) is 103 Å². The lowest BCUT2D eigenvalue weighted by Crippen LogP contribution is -2.58. The number of rotatable bonds is 9. The van der Waals surface area contributed by atoms with E-state index in [1.807, 2.05) is 56.3 Å². The van der Waals surface area contributed by atoms with Gasteiger partial charge in [-0.25, -0.2) is 13.2 Å². The van der Waals surface area contributed by atoms with Gasteiger partial charge in [0, 0.05) is 12.3 Å². The number of benzene rings is 1. The molecule has 4 fully saturated rings. The van der Waals surface area contributed by atoms with Gasteiger partial charge in [-0.2, -0.15) is 0 Å². The van der Waals surface area contributed by atoms with Crippen molar-refractivity contribution in [3.63, 3.8) is 0 Å². The number of hydrogen-bond donors (Lipinski definition) is 3. The van der Waals surface area contributed by atoms with Crippen LogP contribution >= 0.6 is 0 Å². The number of hydrogen-bond acceptors (Lipinski definition) is 9. The van der Waals surface area contributed by atoms with Crippen molar-refractivity contribution >= 4 is 39.5 Å². The normalized spacial score (nSPS) is 29.9. The predicted octanol–water partition coefficient (Wildman–Crippen LogP) is 4.07. The summed E-state index contributed by atoms with van der Waals surface area (Å²) >= 11 is 0. The van der Waals surface area contributed by atoms with Crippen molar-refractivity contribution in [1.29, 1.82) is 0 Å². The number of fused-ring (bicyclic) bond motifs is 2. The Bertz CT molecular complexity index is 1620. The maximum atomic E-state index is 14.4. The Morgan fingerprint density at radius 2 is 1.71 bits per heavy atom. The Hall–Kier alpha value is -3.94. The van der Waals surface area contributed by atoms with Gasteiger partial charge in [0.15, 0.2) is 0 Å². The molecular weight excluding hydrogens is 675 g/mol. The van der Waals surface area contributed by atoms with E-state index < -0.39 is 68.7 Å². The molecule has 0 aromatic heterocycles. The fourth-order valence-electron chi connectivity index (χ4n) is 7.40. The highest BCUT2D eigenvalue weighted by Crippen LogP contribution is 2.46. The molecule has 4 amide bonds. The number of allylic oxidation sites excluding steroid dienone is 1. The minimum atomic E-state index is -3.87. The third-order valence-corrected chi connectivity index (χ3v) is 12.4. The monoisotopic (exact) mass is 725 g/mol. The van der Waals surface area contributed by atoms with E-state index in [1.54, 1.807) is 0 Å². The van der Waals surface area contributed by atoms with Gasteiger partial charge in [0.1, 0.15) is 29.8 Å². The fraction of sp³-hybridized carbons (Fsp3) is 0.649.